The number of benzene rings is 2. The molecule has 1 aliphatic carbocycles. The van der Waals surface area contributed by atoms with Crippen LogP contribution in [-0.4, -0.2) is 24.7 Å². The predicted octanol–water partition coefficient (Wildman–Crippen LogP) is 2.65. The lowest BCUT2D eigenvalue weighted by Crippen LogP contribution is -2.29. The fraction of sp³-hybridized carbons (Fsp3) is 0.316. The number of carbonyl (C=O) groups excluding carboxylic acids is 1. The summed E-state index contributed by atoms with van der Waals surface area (Å²) in [5, 5.41) is 12.9. The Kier molecular flexibility index (Phi) is 4.63. The number of hydrogen-bond donors (Lipinski definition) is 2. The molecule has 2 N–H and O–H groups in total. The van der Waals surface area contributed by atoms with Gasteiger partial charge in [0.15, 0.2) is 0 Å². The van der Waals surface area contributed by atoms with Gasteiger partial charge in [0.05, 0.1) is 13.2 Å². The molecule has 0 bridgehead atoms. The largest absolute Gasteiger partial charge is 0.497 e. The second-order valence-corrected chi connectivity index (χ2v) is 5.89. The molecule has 0 heterocycles. The molecule has 0 aromatic heterocycles. The van der Waals surface area contributed by atoms with Crippen molar-refractivity contribution in [3.8, 4) is 5.75 Å². The summed E-state index contributed by atoms with van der Waals surface area (Å²) in [6, 6.07) is 17.2. The van der Waals surface area contributed by atoms with Crippen LogP contribution in [-0.2, 0) is 4.79 Å². The van der Waals surface area contributed by atoms with Gasteiger partial charge in [0, 0.05) is 12.5 Å². The molecule has 0 spiro atoms. The Labute approximate surface area is 136 Å². The van der Waals surface area contributed by atoms with Gasteiger partial charge in [0.2, 0.25) is 5.91 Å². The maximum absolute atomic E-state index is 12.2. The molecular weight excluding hydrogens is 290 g/mol. The fourth-order valence-corrected chi connectivity index (χ4v) is 2.83. The summed E-state index contributed by atoms with van der Waals surface area (Å²) >= 11 is 0. The Morgan fingerprint density at radius 1 is 1.22 bits per heavy atom. The molecule has 0 aliphatic heterocycles. The Hall–Kier alpha value is -2.33. The van der Waals surface area contributed by atoms with Crippen LogP contribution in [0.5, 0.6) is 5.75 Å². The number of aliphatic hydroxyl groups excluding tert-OH is 1. The third-order valence-corrected chi connectivity index (χ3v) is 4.33. The molecule has 0 radical (unpaired) electrons. The summed E-state index contributed by atoms with van der Waals surface area (Å²) in [4.78, 5) is 12.2. The lowest BCUT2D eigenvalue weighted by Gasteiger charge is -2.12. The van der Waals surface area contributed by atoms with Gasteiger partial charge in [-0.05, 0) is 35.6 Å². The van der Waals surface area contributed by atoms with Crippen molar-refractivity contribution in [1.82, 2.24) is 5.32 Å². The highest BCUT2D eigenvalue weighted by Gasteiger charge is 2.43. The summed E-state index contributed by atoms with van der Waals surface area (Å²) in [5.41, 5.74) is 1.98. The number of rotatable bonds is 6. The first-order valence-electron chi connectivity index (χ1n) is 7.83. The maximum Gasteiger partial charge on any atom is 0.223 e. The minimum Gasteiger partial charge on any atom is -0.497 e. The molecule has 3 atom stereocenters. The lowest BCUT2D eigenvalue weighted by atomic mass is 10.1. The highest BCUT2D eigenvalue weighted by molar-refractivity contribution is 5.82. The number of aliphatic hydroxyl groups is 1. The van der Waals surface area contributed by atoms with Crippen molar-refractivity contribution in [3.05, 3.63) is 65.7 Å². The van der Waals surface area contributed by atoms with Gasteiger partial charge in [-0.3, -0.25) is 4.79 Å². The van der Waals surface area contributed by atoms with Crippen LogP contribution in [0.25, 0.3) is 0 Å². The van der Waals surface area contributed by atoms with Gasteiger partial charge in [-0.25, -0.2) is 0 Å². The van der Waals surface area contributed by atoms with Gasteiger partial charge in [0.25, 0.3) is 0 Å². The van der Waals surface area contributed by atoms with Gasteiger partial charge in [-0.2, -0.15) is 0 Å². The van der Waals surface area contributed by atoms with Gasteiger partial charge in [-0.15, -0.1) is 0 Å². The molecule has 2 aromatic carbocycles. The first-order valence-corrected chi connectivity index (χ1v) is 7.83. The smallest absolute Gasteiger partial charge is 0.223 e. The average Bonchev–Trinajstić information content (AvgIpc) is 3.41. The molecule has 3 unspecified atom stereocenters. The summed E-state index contributed by atoms with van der Waals surface area (Å²) in [6.45, 7) is 0.245. The topological polar surface area (TPSA) is 58.6 Å². The Morgan fingerprint density at radius 2 is 1.91 bits per heavy atom. The quantitative estimate of drug-likeness (QED) is 0.862. The summed E-state index contributed by atoms with van der Waals surface area (Å²) in [6.07, 6.45) is 0.193. The van der Waals surface area contributed by atoms with Crippen molar-refractivity contribution in [3.63, 3.8) is 0 Å². The van der Waals surface area contributed by atoms with E-state index in [4.69, 9.17) is 4.74 Å². The van der Waals surface area contributed by atoms with E-state index >= 15 is 0 Å². The van der Waals surface area contributed by atoms with Crippen LogP contribution in [0.1, 0.15) is 29.6 Å². The summed E-state index contributed by atoms with van der Waals surface area (Å²) in [5.74, 6) is 1.11. The molecule has 1 fully saturated rings. The van der Waals surface area contributed by atoms with E-state index in [1.165, 1.54) is 0 Å². The molecule has 1 amide bonds. The second-order valence-electron chi connectivity index (χ2n) is 5.89. The molecule has 0 saturated heterocycles. The predicted molar refractivity (Wildman–Crippen MR) is 88.3 cm³/mol. The monoisotopic (exact) mass is 311 g/mol. The van der Waals surface area contributed by atoms with Crippen LogP contribution < -0.4 is 10.1 Å². The van der Waals surface area contributed by atoms with E-state index in [9.17, 15) is 9.90 Å². The number of nitrogens with one attached hydrogen (secondary N) is 1. The molecular formula is C19H21NO3. The zero-order chi connectivity index (χ0) is 16.2. The SMILES string of the molecule is COc1ccc(C2CC2C(=O)NCC(O)c2ccccc2)cc1. The van der Waals surface area contributed by atoms with E-state index in [-0.39, 0.29) is 24.3 Å². The van der Waals surface area contributed by atoms with Crippen LogP contribution in [0.2, 0.25) is 0 Å². The van der Waals surface area contributed by atoms with E-state index in [0.29, 0.717) is 0 Å². The van der Waals surface area contributed by atoms with Crippen LogP contribution >= 0.6 is 0 Å². The number of amides is 1. The van der Waals surface area contributed by atoms with Crippen LogP contribution in [0.4, 0.5) is 0 Å². The molecule has 2 aromatic rings. The van der Waals surface area contributed by atoms with Gasteiger partial charge in [-0.1, -0.05) is 42.5 Å². The highest BCUT2D eigenvalue weighted by Crippen LogP contribution is 2.47. The van der Waals surface area contributed by atoms with E-state index < -0.39 is 6.10 Å². The van der Waals surface area contributed by atoms with Crippen molar-refractivity contribution in [2.24, 2.45) is 5.92 Å². The van der Waals surface area contributed by atoms with Crippen molar-refractivity contribution >= 4 is 5.91 Å². The van der Waals surface area contributed by atoms with Gasteiger partial charge in [0.1, 0.15) is 5.75 Å². The average molecular weight is 311 g/mol. The van der Waals surface area contributed by atoms with Crippen LogP contribution in [0.3, 0.4) is 0 Å². The van der Waals surface area contributed by atoms with Crippen molar-refractivity contribution in [1.29, 1.82) is 0 Å². The van der Waals surface area contributed by atoms with Crippen molar-refractivity contribution in [2.45, 2.75) is 18.4 Å². The molecule has 4 heteroatoms. The zero-order valence-electron chi connectivity index (χ0n) is 13.1. The third-order valence-electron chi connectivity index (χ3n) is 4.33. The van der Waals surface area contributed by atoms with Crippen LogP contribution in [0.15, 0.2) is 54.6 Å². The Bertz CT molecular complexity index is 654. The number of hydrogen-bond acceptors (Lipinski definition) is 3. The molecule has 23 heavy (non-hydrogen) atoms. The van der Waals surface area contributed by atoms with E-state index in [2.05, 4.69) is 5.32 Å². The second kappa shape index (κ2) is 6.84. The first-order chi connectivity index (χ1) is 11.2. The maximum atomic E-state index is 12.2. The Morgan fingerprint density at radius 3 is 2.57 bits per heavy atom. The number of carbonyl (C=O) groups is 1. The normalized spacial score (nSPS) is 20.6. The fourth-order valence-electron chi connectivity index (χ4n) is 2.83. The number of methoxy groups -OCH3 is 1. The highest BCUT2D eigenvalue weighted by atomic mass is 16.5. The minimum absolute atomic E-state index is 0.00590. The molecule has 120 valence electrons. The van der Waals surface area contributed by atoms with Crippen molar-refractivity contribution < 1.29 is 14.6 Å². The molecule has 1 aliphatic rings. The molecule has 3 rings (SSSR count). The van der Waals surface area contributed by atoms with Crippen LogP contribution in [0, 0.1) is 5.92 Å². The van der Waals surface area contributed by atoms with E-state index in [1.807, 2.05) is 54.6 Å². The standard InChI is InChI=1S/C19H21NO3/c1-23-15-9-7-13(8-10-15)16-11-17(16)19(22)20-12-18(21)14-5-3-2-4-6-14/h2-10,16-18,21H,11-12H2,1H3,(H,20,22). The zero-order valence-corrected chi connectivity index (χ0v) is 13.1. The summed E-state index contributed by atoms with van der Waals surface area (Å²) < 4.78 is 5.14. The molecule has 4 nitrogen and oxygen atoms in total. The van der Waals surface area contributed by atoms with E-state index in [0.717, 1.165) is 23.3 Å². The minimum atomic E-state index is -0.668. The Balaban J connectivity index is 1.50. The van der Waals surface area contributed by atoms with Crippen molar-refractivity contribution in [2.75, 3.05) is 13.7 Å². The van der Waals surface area contributed by atoms with Gasteiger partial charge < -0.3 is 15.2 Å². The first kappa shape index (κ1) is 15.6. The lowest BCUT2D eigenvalue weighted by molar-refractivity contribution is -0.122. The summed E-state index contributed by atoms with van der Waals surface area (Å²) in [7, 11) is 1.64. The van der Waals surface area contributed by atoms with E-state index in [1.54, 1.807) is 7.11 Å². The van der Waals surface area contributed by atoms with Gasteiger partial charge >= 0.3 is 0 Å². The third kappa shape index (κ3) is 3.71. The molecule has 1 saturated carbocycles. The number of ether oxygens (including phenoxy) is 1.